The summed E-state index contributed by atoms with van der Waals surface area (Å²) in [5.74, 6) is 0.0809. The quantitative estimate of drug-likeness (QED) is 0.255. The normalized spacial score (nSPS) is 12.1. The van der Waals surface area contributed by atoms with Gasteiger partial charge in [-0.15, -0.1) is 0 Å². The van der Waals surface area contributed by atoms with Crippen molar-refractivity contribution >= 4 is 50.1 Å². The first kappa shape index (κ1) is 31.4. The summed E-state index contributed by atoms with van der Waals surface area (Å²) in [5.41, 5.74) is 1.12. The number of amides is 2. The van der Waals surface area contributed by atoms with Gasteiger partial charge in [0, 0.05) is 16.7 Å². The molecule has 0 aliphatic carbocycles. The minimum Gasteiger partial charge on any atom is -0.497 e. The number of sulfonamides is 1. The summed E-state index contributed by atoms with van der Waals surface area (Å²) >= 11 is 2.14. The number of hydrogen-bond acceptors (Lipinski definition) is 5. The van der Waals surface area contributed by atoms with Gasteiger partial charge in [0.25, 0.3) is 10.0 Å². The van der Waals surface area contributed by atoms with Crippen molar-refractivity contribution in [1.82, 2.24) is 10.2 Å². The smallest absolute Gasteiger partial charge is 0.264 e. The Kier molecular flexibility index (Phi) is 11.4. The maximum Gasteiger partial charge on any atom is 0.264 e. The van der Waals surface area contributed by atoms with Crippen LogP contribution in [0.15, 0.2) is 83.8 Å². The van der Waals surface area contributed by atoms with Crippen molar-refractivity contribution in [2.24, 2.45) is 5.92 Å². The molecule has 0 aliphatic rings. The number of halogens is 1. The van der Waals surface area contributed by atoms with Gasteiger partial charge in [-0.05, 0) is 89.0 Å². The molecule has 1 atom stereocenters. The van der Waals surface area contributed by atoms with Gasteiger partial charge in [-0.2, -0.15) is 0 Å². The second kappa shape index (κ2) is 14.5. The maximum atomic E-state index is 14.1. The van der Waals surface area contributed by atoms with Gasteiger partial charge in [0.1, 0.15) is 18.3 Å². The zero-order valence-electron chi connectivity index (χ0n) is 23.2. The van der Waals surface area contributed by atoms with Crippen LogP contribution >= 0.6 is 22.6 Å². The van der Waals surface area contributed by atoms with Crippen molar-refractivity contribution < 1.29 is 22.7 Å². The molecular formula is C30H36IN3O5S. The van der Waals surface area contributed by atoms with Crippen LogP contribution in [0.25, 0.3) is 0 Å². The highest BCUT2D eigenvalue weighted by molar-refractivity contribution is 14.1. The fourth-order valence-corrected chi connectivity index (χ4v) is 5.96. The minimum atomic E-state index is -4.09. The predicted octanol–water partition coefficient (Wildman–Crippen LogP) is 5.07. The molecule has 3 aromatic rings. The molecule has 10 heteroatoms. The van der Waals surface area contributed by atoms with E-state index in [0.29, 0.717) is 24.4 Å². The molecule has 0 saturated carbocycles. The van der Waals surface area contributed by atoms with E-state index in [9.17, 15) is 18.0 Å². The van der Waals surface area contributed by atoms with Crippen LogP contribution < -0.4 is 14.4 Å². The van der Waals surface area contributed by atoms with E-state index in [1.807, 2.05) is 32.9 Å². The molecule has 0 bridgehead atoms. The molecule has 3 rings (SSSR count). The lowest BCUT2D eigenvalue weighted by molar-refractivity contribution is -0.140. The lowest BCUT2D eigenvalue weighted by Crippen LogP contribution is -2.52. The summed E-state index contributed by atoms with van der Waals surface area (Å²) in [5, 5.41) is 2.93. The fourth-order valence-electron chi connectivity index (χ4n) is 4.17. The van der Waals surface area contributed by atoms with Crippen LogP contribution in [-0.4, -0.2) is 51.4 Å². The third kappa shape index (κ3) is 8.20. The first-order valence-corrected chi connectivity index (χ1v) is 15.6. The van der Waals surface area contributed by atoms with Gasteiger partial charge in [0.05, 0.1) is 17.7 Å². The second-order valence-electron chi connectivity index (χ2n) is 9.74. The first-order chi connectivity index (χ1) is 19.1. The van der Waals surface area contributed by atoms with E-state index < -0.39 is 28.5 Å². The number of anilines is 1. The minimum absolute atomic E-state index is 0.0717. The van der Waals surface area contributed by atoms with Crippen molar-refractivity contribution in [3.8, 4) is 5.75 Å². The molecule has 1 N–H and O–H groups in total. The highest BCUT2D eigenvalue weighted by Gasteiger charge is 2.33. The van der Waals surface area contributed by atoms with Gasteiger partial charge in [-0.3, -0.25) is 13.9 Å². The summed E-state index contributed by atoms with van der Waals surface area (Å²) in [6.07, 6.45) is 0.356. The average Bonchev–Trinajstić information content (AvgIpc) is 2.95. The van der Waals surface area contributed by atoms with E-state index in [-0.39, 0.29) is 23.3 Å². The van der Waals surface area contributed by atoms with Crippen molar-refractivity contribution in [1.29, 1.82) is 0 Å². The van der Waals surface area contributed by atoms with E-state index >= 15 is 0 Å². The lowest BCUT2D eigenvalue weighted by Gasteiger charge is -2.33. The number of methoxy groups -OCH3 is 1. The standard InChI is InChI=1S/C30H36IN3O5S/c1-5-28(30(36)32-19-22(2)3)33(20-23-10-9-11-26(18-23)39-4)29(35)21-34(25-16-14-24(31)15-17-25)40(37,38)27-12-7-6-8-13-27/h6-18,22,28H,5,19-21H2,1-4H3,(H,32,36). The van der Waals surface area contributed by atoms with Gasteiger partial charge in [0.15, 0.2) is 0 Å². The Labute approximate surface area is 250 Å². The largest absolute Gasteiger partial charge is 0.497 e. The summed E-state index contributed by atoms with van der Waals surface area (Å²) < 4.78 is 35.0. The van der Waals surface area contributed by atoms with E-state index in [1.54, 1.807) is 61.7 Å². The second-order valence-corrected chi connectivity index (χ2v) is 12.8. The molecule has 0 aliphatic heterocycles. The Bertz CT molecular complexity index is 1380. The molecular weight excluding hydrogens is 641 g/mol. The molecule has 40 heavy (non-hydrogen) atoms. The Morgan fingerprint density at radius 2 is 1.65 bits per heavy atom. The lowest BCUT2D eigenvalue weighted by atomic mass is 10.1. The molecule has 0 fully saturated rings. The van der Waals surface area contributed by atoms with E-state index in [1.165, 1.54) is 17.0 Å². The molecule has 0 heterocycles. The number of nitrogens with one attached hydrogen (secondary N) is 1. The average molecular weight is 678 g/mol. The van der Waals surface area contributed by atoms with Gasteiger partial charge in [-0.25, -0.2) is 8.42 Å². The van der Waals surface area contributed by atoms with Gasteiger partial charge >= 0.3 is 0 Å². The molecule has 0 radical (unpaired) electrons. The fraction of sp³-hybridized carbons (Fsp3) is 0.333. The van der Waals surface area contributed by atoms with Crippen molar-refractivity contribution in [2.45, 2.75) is 44.7 Å². The van der Waals surface area contributed by atoms with Gasteiger partial charge in [-0.1, -0.05) is 51.1 Å². The topological polar surface area (TPSA) is 96.0 Å². The molecule has 1 unspecified atom stereocenters. The van der Waals surface area contributed by atoms with Gasteiger partial charge in [0.2, 0.25) is 11.8 Å². The molecule has 0 aromatic heterocycles. The number of ether oxygens (including phenoxy) is 1. The first-order valence-electron chi connectivity index (χ1n) is 13.1. The summed E-state index contributed by atoms with van der Waals surface area (Å²) in [7, 11) is -2.53. The highest BCUT2D eigenvalue weighted by atomic mass is 127. The molecule has 3 aromatic carbocycles. The Morgan fingerprint density at radius 3 is 2.25 bits per heavy atom. The highest BCUT2D eigenvalue weighted by Crippen LogP contribution is 2.26. The number of nitrogens with zero attached hydrogens (tertiary/aromatic N) is 2. The Balaban J connectivity index is 2.04. The number of rotatable bonds is 13. The van der Waals surface area contributed by atoms with Crippen molar-refractivity contribution in [3.63, 3.8) is 0 Å². The van der Waals surface area contributed by atoms with Crippen LogP contribution in [-0.2, 0) is 26.2 Å². The SMILES string of the molecule is CCC(C(=O)NCC(C)C)N(Cc1cccc(OC)c1)C(=O)CN(c1ccc(I)cc1)S(=O)(=O)c1ccccc1. The molecule has 0 saturated heterocycles. The molecule has 0 spiro atoms. The van der Waals surface area contributed by atoms with Gasteiger partial charge < -0.3 is 15.0 Å². The number of benzene rings is 3. The van der Waals surface area contributed by atoms with E-state index in [2.05, 4.69) is 27.9 Å². The zero-order valence-corrected chi connectivity index (χ0v) is 26.2. The third-order valence-electron chi connectivity index (χ3n) is 6.28. The van der Waals surface area contributed by atoms with Crippen molar-refractivity contribution in [2.75, 3.05) is 24.5 Å². The summed E-state index contributed by atoms with van der Waals surface area (Å²) in [6, 6.07) is 21.4. The van der Waals surface area contributed by atoms with E-state index in [4.69, 9.17) is 4.74 Å². The van der Waals surface area contributed by atoms with Crippen LogP contribution in [0, 0.1) is 9.49 Å². The van der Waals surface area contributed by atoms with Crippen LogP contribution in [0.1, 0.15) is 32.8 Å². The summed E-state index contributed by atoms with van der Waals surface area (Å²) in [4.78, 5) is 28.9. The third-order valence-corrected chi connectivity index (χ3v) is 8.79. The van der Waals surface area contributed by atoms with Crippen LogP contribution in [0.3, 0.4) is 0 Å². The van der Waals surface area contributed by atoms with Crippen LogP contribution in [0.5, 0.6) is 5.75 Å². The monoisotopic (exact) mass is 677 g/mol. The number of hydrogen-bond donors (Lipinski definition) is 1. The number of carbonyl (C=O) groups is 2. The maximum absolute atomic E-state index is 14.1. The van der Waals surface area contributed by atoms with Crippen molar-refractivity contribution in [3.05, 3.63) is 88.0 Å². The predicted molar refractivity (Wildman–Crippen MR) is 166 cm³/mol. The molecule has 2 amide bonds. The Hall–Kier alpha value is -3.12. The van der Waals surface area contributed by atoms with Crippen LogP contribution in [0.2, 0.25) is 0 Å². The van der Waals surface area contributed by atoms with E-state index in [0.717, 1.165) is 13.4 Å². The summed E-state index contributed by atoms with van der Waals surface area (Å²) in [6.45, 7) is 5.92. The molecule has 8 nitrogen and oxygen atoms in total. The zero-order chi connectivity index (χ0) is 29.3. The Morgan fingerprint density at radius 1 is 0.975 bits per heavy atom. The van der Waals surface area contributed by atoms with Crippen LogP contribution in [0.4, 0.5) is 5.69 Å². The number of carbonyl (C=O) groups excluding carboxylic acids is 2. The molecule has 214 valence electrons.